The lowest BCUT2D eigenvalue weighted by atomic mass is 9.83. The average Bonchev–Trinajstić information content (AvgIpc) is 2.44. The van der Waals surface area contributed by atoms with Crippen molar-refractivity contribution in [1.29, 1.82) is 0 Å². The smallest absolute Gasteiger partial charge is 0.253 e. The van der Waals surface area contributed by atoms with Crippen molar-refractivity contribution in [2.24, 2.45) is 5.92 Å². The number of anilines is 1. The molecular weight excluding hydrogens is 274 g/mol. The van der Waals surface area contributed by atoms with Gasteiger partial charge in [0.05, 0.1) is 10.6 Å². The normalized spacial score (nSPS) is 22.5. The summed E-state index contributed by atoms with van der Waals surface area (Å²) >= 11 is 5.89. The van der Waals surface area contributed by atoms with E-state index in [2.05, 4.69) is 17.2 Å². The van der Waals surface area contributed by atoms with E-state index in [9.17, 15) is 4.79 Å². The Morgan fingerprint density at radius 2 is 2.15 bits per heavy atom. The Balaban J connectivity index is 1.87. The Morgan fingerprint density at radius 3 is 2.75 bits per heavy atom. The SMILES string of the molecule is CCCC1CCC(NC(=O)c2cnc(N)c(Cl)c2)CC1. The molecule has 0 saturated heterocycles. The van der Waals surface area contributed by atoms with Crippen molar-refractivity contribution in [3.05, 3.63) is 22.8 Å². The molecule has 110 valence electrons. The lowest BCUT2D eigenvalue weighted by Crippen LogP contribution is -2.37. The molecule has 1 aliphatic rings. The number of nitrogen functional groups attached to an aromatic ring is 1. The fourth-order valence-corrected chi connectivity index (χ4v) is 3.01. The van der Waals surface area contributed by atoms with Crippen molar-refractivity contribution in [3.63, 3.8) is 0 Å². The summed E-state index contributed by atoms with van der Waals surface area (Å²) in [6, 6.07) is 1.84. The van der Waals surface area contributed by atoms with Crippen molar-refractivity contribution in [2.75, 3.05) is 5.73 Å². The van der Waals surface area contributed by atoms with Crippen LogP contribution in [-0.2, 0) is 0 Å². The number of hydrogen-bond donors (Lipinski definition) is 2. The molecule has 1 saturated carbocycles. The molecule has 0 unspecified atom stereocenters. The molecule has 0 atom stereocenters. The number of carbonyl (C=O) groups excluding carboxylic acids is 1. The summed E-state index contributed by atoms with van der Waals surface area (Å²) in [5.74, 6) is 0.974. The zero-order chi connectivity index (χ0) is 14.5. The number of carbonyl (C=O) groups is 1. The molecule has 1 fully saturated rings. The first kappa shape index (κ1) is 15.1. The first-order valence-electron chi connectivity index (χ1n) is 7.32. The van der Waals surface area contributed by atoms with E-state index >= 15 is 0 Å². The molecule has 1 heterocycles. The number of hydrogen-bond acceptors (Lipinski definition) is 3. The molecule has 3 N–H and O–H groups in total. The molecular formula is C15H22ClN3O. The number of nitrogens with zero attached hydrogens (tertiary/aromatic N) is 1. The van der Waals surface area contributed by atoms with Crippen LogP contribution in [0.25, 0.3) is 0 Å². The summed E-state index contributed by atoms with van der Waals surface area (Å²) < 4.78 is 0. The van der Waals surface area contributed by atoms with Gasteiger partial charge in [-0.2, -0.15) is 0 Å². The highest BCUT2D eigenvalue weighted by Crippen LogP contribution is 2.28. The molecule has 0 aliphatic heterocycles. The van der Waals surface area contributed by atoms with E-state index in [-0.39, 0.29) is 17.8 Å². The highest BCUT2D eigenvalue weighted by molar-refractivity contribution is 6.33. The maximum Gasteiger partial charge on any atom is 0.253 e. The van der Waals surface area contributed by atoms with Gasteiger partial charge in [0.2, 0.25) is 0 Å². The summed E-state index contributed by atoms with van der Waals surface area (Å²) in [7, 11) is 0. The summed E-state index contributed by atoms with van der Waals surface area (Å²) in [4.78, 5) is 16.0. The summed E-state index contributed by atoms with van der Waals surface area (Å²) in [5, 5.41) is 3.39. The molecule has 1 amide bonds. The quantitative estimate of drug-likeness (QED) is 0.894. The molecule has 4 nitrogen and oxygen atoms in total. The van der Waals surface area contributed by atoms with Gasteiger partial charge in [-0.3, -0.25) is 4.79 Å². The number of halogens is 1. The fraction of sp³-hybridized carbons (Fsp3) is 0.600. The second kappa shape index (κ2) is 6.93. The van der Waals surface area contributed by atoms with Crippen molar-refractivity contribution >= 4 is 23.3 Å². The van der Waals surface area contributed by atoms with Crippen LogP contribution in [0.3, 0.4) is 0 Å². The molecule has 20 heavy (non-hydrogen) atoms. The predicted molar refractivity (Wildman–Crippen MR) is 81.8 cm³/mol. The van der Waals surface area contributed by atoms with Crippen LogP contribution >= 0.6 is 11.6 Å². The minimum absolute atomic E-state index is 0.113. The molecule has 1 aliphatic carbocycles. The molecule has 5 heteroatoms. The van der Waals surface area contributed by atoms with Crippen LogP contribution in [0.2, 0.25) is 5.02 Å². The monoisotopic (exact) mass is 295 g/mol. The number of pyridine rings is 1. The zero-order valence-electron chi connectivity index (χ0n) is 11.9. The van der Waals surface area contributed by atoms with E-state index in [1.54, 1.807) is 6.07 Å². The van der Waals surface area contributed by atoms with Gasteiger partial charge in [0.1, 0.15) is 5.82 Å². The summed E-state index contributed by atoms with van der Waals surface area (Å²) in [5.41, 5.74) is 6.01. The average molecular weight is 296 g/mol. The molecule has 1 aromatic heterocycles. The van der Waals surface area contributed by atoms with Gasteiger partial charge >= 0.3 is 0 Å². The van der Waals surface area contributed by atoms with Crippen molar-refractivity contribution in [1.82, 2.24) is 10.3 Å². The van der Waals surface area contributed by atoms with Crippen LogP contribution in [-0.4, -0.2) is 16.9 Å². The van der Waals surface area contributed by atoms with Crippen LogP contribution in [0.5, 0.6) is 0 Å². The van der Waals surface area contributed by atoms with Crippen molar-refractivity contribution < 1.29 is 4.79 Å². The van der Waals surface area contributed by atoms with Gasteiger partial charge in [-0.05, 0) is 37.7 Å². The van der Waals surface area contributed by atoms with E-state index in [4.69, 9.17) is 17.3 Å². The lowest BCUT2D eigenvalue weighted by Gasteiger charge is -2.28. The highest BCUT2D eigenvalue weighted by atomic mass is 35.5. The first-order chi connectivity index (χ1) is 9.60. The van der Waals surface area contributed by atoms with E-state index in [0.29, 0.717) is 10.6 Å². The standard InChI is InChI=1S/C15H22ClN3O/c1-2-3-10-4-6-12(7-5-10)19-15(20)11-8-13(16)14(17)18-9-11/h8-10,12H,2-7H2,1H3,(H2,17,18)(H,19,20). The lowest BCUT2D eigenvalue weighted by molar-refractivity contribution is 0.0921. The van der Waals surface area contributed by atoms with Crippen LogP contribution in [0.1, 0.15) is 55.8 Å². The fourth-order valence-electron chi connectivity index (χ4n) is 2.85. The predicted octanol–water partition coefficient (Wildman–Crippen LogP) is 3.41. The maximum absolute atomic E-state index is 12.1. The number of aromatic nitrogens is 1. The number of nitrogens with one attached hydrogen (secondary N) is 1. The Bertz CT molecular complexity index is 470. The minimum atomic E-state index is -0.113. The van der Waals surface area contributed by atoms with Gasteiger partial charge in [-0.15, -0.1) is 0 Å². The van der Waals surface area contributed by atoms with Crippen LogP contribution in [0.4, 0.5) is 5.82 Å². The highest BCUT2D eigenvalue weighted by Gasteiger charge is 2.22. The maximum atomic E-state index is 12.1. The van der Waals surface area contributed by atoms with E-state index in [1.165, 1.54) is 31.9 Å². The molecule has 0 bridgehead atoms. The Kier molecular flexibility index (Phi) is 5.24. The number of nitrogens with two attached hydrogens (primary N) is 1. The van der Waals surface area contributed by atoms with Crippen LogP contribution in [0, 0.1) is 5.92 Å². The van der Waals surface area contributed by atoms with Gasteiger partial charge in [-0.25, -0.2) is 4.98 Å². The molecule has 1 aromatic rings. The van der Waals surface area contributed by atoms with Gasteiger partial charge in [0.15, 0.2) is 0 Å². The minimum Gasteiger partial charge on any atom is -0.382 e. The third kappa shape index (κ3) is 3.85. The molecule has 0 spiro atoms. The van der Waals surface area contributed by atoms with Crippen LogP contribution < -0.4 is 11.1 Å². The van der Waals surface area contributed by atoms with Gasteiger partial charge in [0, 0.05) is 12.2 Å². The molecule has 2 rings (SSSR count). The van der Waals surface area contributed by atoms with Gasteiger partial charge < -0.3 is 11.1 Å². The first-order valence-corrected chi connectivity index (χ1v) is 7.69. The van der Waals surface area contributed by atoms with Crippen molar-refractivity contribution in [3.8, 4) is 0 Å². The Morgan fingerprint density at radius 1 is 1.45 bits per heavy atom. The van der Waals surface area contributed by atoms with Crippen molar-refractivity contribution in [2.45, 2.75) is 51.5 Å². The third-order valence-corrected chi connectivity index (χ3v) is 4.31. The molecule has 0 radical (unpaired) electrons. The second-order valence-corrected chi connectivity index (χ2v) is 5.98. The molecule has 0 aromatic carbocycles. The Hall–Kier alpha value is -1.29. The largest absolute Gasteiger partial charge is 0.382 e. The van der Waals surface area contributed by atoms with Crippen LogP contribution in [0.15, 0.2) is 12.3 Å². The van der Waals surface area contributed by atoms with Gasteiger partial charge in [-0.1, -0.05) is 31.4 Å². The number of amides is 1. The summed E-state index contributed by atoms with van der Waals surface area (Å²) in [6.07, 6.45) is 8.56. The topological polar surface area (TPSA) is 68.0 Å². The third-order valence-electron chi connectivity index (χ3n) is 4.01. The summed E-state index contributed by atoms with van der Waals surface area (Å²) in [6.45, 7) is 2.23. The zero-order valence-corrected chi connectivity index (χ0v) is 12.6. The second-order valence-electron chi connectivity index (χ2n) is 5.57. The van der Waals surface area contributed by atoms with E-state index in [1.807, 2.05) is 0 Å². The van der Waals surface area contributed by atoms with Gasteiger partial charge in [0.25, 0.3) is 5.91 Å². The number of rotatable bonds is 4. The van der Waals surface area contributed by atoms with E-state index in [0.717, 1.165) is 18.8 Å². The Labute approximate surface area is 125 Å². The van der Waals surface area contributed by atoms with E-state index < -0.39 is 0 Å².